The number of hydrogen-bond donors (Lipinski definition) is 1. The third-order valence-electron chi connectivity index (χ3n) is 2.35. The lowest BCUT2D eigenvalue weighted by Gasteiger charge is -2.06. The first kappa shape index (κ1) is 11.9. The normalized spacial score (nSPS) is 9.56. The van der Waals surface area contributed by atoms with Crippen molar-refractivity contribution in [2.75, 3.05) is 12.4 Å². The zero-order valence-electron chi connectivity index (χ0n) is 9.92. The summed E-state index contributed by atoms with van der Waals surface area (Å²) in [4.78, 5) is 8.07. The molecular formula is C13H12N4O. The fourth-order valence-corrected chi connectivity index (χ4v) is 1.47. The Morgan fingerprint density at radius 2 is 2.28 bits per heavy atom. The van der Waals surface area contributed by atoms with Crippen LogP contribution in [-0.2, 0) is 6.54 Å². The van der Waals surface area contributed by atoms with Crippen LogP contribution in [0.3, 0.4) is 0 Å². The minimum atomic E-state index is 0.346. The SMILES string of the molecule is COc1cccc(CNc2nccc(C#N)n2)c1. The molecule has 5 heteroatoms. The van der Waals surface area contributed by atoms with Gasteiger partial charge in [0.15, 0.2) is 0 Å². The van der Waals surface area contributed by atoms with Crippen LogP contribution in [0.1, 0.15) is 11.3 Å². The summed E-state index contributed by atoms with van der Waals surface area (Å²) in [5.41, 5.74) is 1.40. The Labute approximate surface area is 105 Å². The number of nitriles is 1. The molecule has 1 aromatic carbocycles. The molecule has 2 rings (SSSR count). The van der Waals surface area contributed by atoms with Crippen molar-refractivity contribution < 1.29 is 4.74 Å². The Balaban J connectivity index is 2.04. The average molecular weight is 240 g/mol. The predicted octanol–water partition coefficient (Wildman–Crippen LogP) is 1.97. The summed E-state index contributed by atoms with van der Waals surface area (Å²) in [6, 6.07) is 11.3. The van der Waals surface area contributed by atoms with E-state index in [0.717, 1.165) is 11.3 Å². The summed E-state index contributed by atoms with van der Waals surface area (Å²) in [7, 11) is 1.63. The van der Waals surface area contributed by atoms with Crippen LogP contribution in [0, 0.1) is 11.3 Å². The van der Waals surface area contributed by atoms with E-state index in [-0.39, 0.29) is 0 Å². The van der Waals surface area contributed by atoms with Crippen molar-refractivity contribution >= 4 is 5.95 Å². The Kier molecular flexibility index (Phi) is 3.72. The molecule has 1 heterocycles. The second-order valence-electron chi connectivity index (χ2n) is 3.58. The van der Waals surface area contributed by atoms with Crippen LogP contribution >= 0.6 is 0 Å². The molecule has 1 aromatic heterocycles. The highest BCUT2D eigenvalue weighted by Gasteiger charge is 1.99. The van der Waals surface area contributed by atoms with E-state index in [9.17, 15) is 0 Å². The maximum absolute atomic E-state index is 8.73. The minimum Gasteiger partial charge on any atom is -0.497 e. The molecule has 0 aliphatic carbocycles. The lowest BCUT2D eigenvalue weighted by atomic mass is 10.2. The molecule has 0 atom stereocenters. The Bertz CT molecular complexity index is 577. The molecule has 0 aliphatic rings. The Hall–Kier alpha value is -2.61. The highest BCUT2D eigenvalue weighted by Crippen LogP contribution is 2.13. The number of benzene rings is 1. The van der Waals surface area contributed by atoms with Crippen molar-refractivity contribution in [3.8, 4) is 11.8 Å². The molecule has 1 N–H and O–H groups in total. The number of anilines is 1. The third-order valence-corrected chi connectivity index (χ3v) is 2.35. The van der Waals surface area contributed by atoms with Gasteiger partial charge in [0.05, 0.1) is 7.11 Å². The average Bonchev–Trinajstić information content (AvgIpc) is 2.45. The lowest BCUT2D eigenvalue weighted by molar-refractivity contribution is 0.414. The highest BCUT2D eigenvalue weighted by atomic mass is 16.5. The van der Waals surface area contributed by atoms with Crippen molar-refractivity contribution in [3.05, 3.63) is 47.8 Å². The van der Waals surface area contributed by atoms with Crippen molar-refractivity contribution in [3.63, 3.8) is 0 Å². The van der Waals surface area contributed by atoms with Gasteiger partial charge in [0.1, 0.15) is 17.5 Å². The van der Waals surface area contributed by atoms with Gasteiger partial charge >= 0.3 is 0 Å². The fraction of sp³-hybridized carbons (Fsp3) is 0.154. The zero-order chi connectivity index (χ0) is 12.8. The van der Waals surface area contributed by atoms with Crippen LogP contribution in [0.4, 0.5) is 5.95 Å². The highest BCUT2D eigenvalue weighted by molar-refractivity contribution is 5.34. The Morgan fingerprint density at radius 3 is 3.06 bits per heavy atom. The van der Waals surface area contributed by atoms with E-state index in [0.29, 0.717) is 18.2 Å². The largest absolute Gasteiger partial charge is 0.497 e. The summed E-state index contributed by atoms with van der Waals surface area (Å²) in [5, 5.41) is 11.8. The third kappa shape index (κ3) is 2.95. The van der Waals surface area contributed by atoms with Gasteiger partial charge in [-0.05, 0) is 23.8 Å². The van der Waals surface area contributed by atoms with E-state index in [1.54, 1.807) is 19.4 Å². The second kappa shape index (κ2) is 5.64. The fourth-order valence-electron chi connectivity index (χ4n) is 1.47. The summed E-state index contributed by atoms with van der Waals surface area (Å²) in [6.45, 7) is 0.575. The molecular weight excluding hydrogens is 228 g/mol. The Morgan fingerprint density at radius 1 is 1.39 bits per heavy atom. The number of aromatic nitrogens is 2. The predicted molar refractivity (Wildman–Crippen MR) is 67.1 cm³/mol. The first-order valence-electron chi connectivity index (χ1n) is 5.42. The molecule has 0 saturated carbocycles. The molecule has 0 spiro atoms. The standard InChI is InChI=1S/C13H12N4O/c1-18-12-4-2-3-10(7-12)9-16-13-15-6-5-11(8-14)17-13/h2-7H,9H2,1H3,(H,15,16,17). The zero-order valence-corrected chi connectivity index (χ0v) is 9.92. The second-order valence-corrected chi connectivity index (χ2v) is 3.58. The molecule has 0 amide bonds. The molecule has 5 nitrogen and oxygen atoms in total. The van der Waals surface area contributed by atoms with Gasteiger partial charge < -0.3 is 10.1 Å². The van der Waals surface area contributed by atoms with E-state index in [4.69, 9.17) is 10.00 Å². The van der Waals surface area contributed by atoms with Gasteiger partial charge in [-0.2, -0.15) is 5.26 Å². The smallest absolute Gasteiger partial charge is 0.224 e. The van der Waals surface area contributed by atoms with E-state index in [2.05, 4.69) is 15.3 Å². The summed E-state index contributed by atoms with van der Waals surface area (Å²) >= 11 is 0. The topological polar surface area (TPSA) is 70.8 Å². The molecule has 0 bridgehead atoms. The van der Waals surface area contributed by atoms with Crippen LogP contribution in [0.25, 0.3) is 0 Å². The number of methoxy groups -OCH3 is 1. The summed E-state index contributed by atoms with van der Waals surface area (Å²) < 4.78 is 5.14. The number of rotatable bonds is 4. The molecule has 2 aromatic rings. The quantitative estimate of drug-likeness (QED) is 0.884. The van der Waals surface area contributed by atoms with Gasteiger partial charge in [0.2, 0.25) is 5.95 Å². The van der Waals surface area contributed by atoms with Crippen LogP contribution in [0.2, 0.25) is 0 Å². The van der Waals surface area contributed by atoms with E-state index in [1.165, 1.54) is 0 Å². The van der Waals surface area contributed by atoms with Gasteiger partial charge in [-0.25, -0.2) is 9.97 Å². The van der Waals surface area contributed by atoms with Crippen molar-refractivity contribution in [1.82, 2.24) is 9.97 Å². The van der Waals surface area contributed by atoms with Gasteiger partial charge in [-0.3, -0.25) is 0 Å². The molecule has 0 aliphatic heterocycles. The molecule has 18 heavy (non-hydrogen) atoms. The number of nitrogens with one attached hydrogen (secondary N) is 1. The van der Waals surface area contributed by atoms with Crippen molar-refractivity contribution in [1.29, 1.82) is 5.26 Å². The monoisotopic (exact) mass is 240 g/mol. The van der Waals surface area contributed by atoms with Crippen LogP contribution in [-0.4, -0.2) is 17.1 Å². The maximum Gasteiger partial charge on any atom is 0.224 e. The molecule has 0 radical (unpaired) electrons. The number of hydrogen-bond acceptors (Lipinski definition) is 5. The maximum atomic E-state index is 8.73. The summed E-state index contributed by atoms with van der Waals surface area (Å²) in [6.07, 6.45) is 1.56. The lowest BCUT2D eigenvalue weighted by Crippen LogP contribution is -2.04. The summed E-state index contributed by atoms with van der Waals surface area (Å²) in [5.74, 6) is 1.25. The minimum absolute atomic E-state index is 0.346. The van der Waals surface area contributed by atoms with Crippen molar-refractivity contribution in [2.24, 2.45) is 0 Å². The van der Waals surface area contributed by atoms with Gasteiger partial charge in [-0.1, -0.05) is 12.1 Å². The molecule has 0 saturated heterocycles. The van der Waals surface area contributed by atoms with Gasteiger partial charge in [0.25, 0.3) is 0 Å². The molecule has 90 valence electrons. The molecule has 0 fully saturated rings. The van der Waals surface area contributed by atoms with Crippen LogP contribution in [0.15, 0.2) is 36.5 Å². The van der Waals surface area contributed by atoms with Crippen LogP contribution < -0.4 is 10.1 Å². The first-order chi connectivity index (χ1) is 8.81. The van der Waals surface area contributed by atoms with Gasteiger partial charge in [0, 0.05) is 12.7 Å². The first-order valence-corrected chi connectivity index (χ1v) is 5.42. The van der Waals surface area contributed by atoms with E-state index < -0.39 is 0 Å². The van der Waals surface area contributed by atoms with Crippen molar-refractivity contribution in [2.45, 2.75) is 6.54 Å². The van der Waals surface area contributed by atoms with E-state index >= 15 is 0 Å². The van der Waals surface area contributed by atoms with E-state index in [1.807, 2.05) is 30.3 Å². The molecule has 0 unspecified atom stereocenters. The van der Waals surface area contributed by atoms with Gasteiger partial charge in [-0.15, -0.1) is 0 Å². The number of nitrogens with zero attached hydrogens (tertiary/aromatic N) is 3. The number of ether oxygens (including phenoxy) is 1. The van der Waals surface area contributed by atoms with Crippen LogP contribution in [0.5, 0.6) is 5.75 Å².